The Balaban J connectivity index is 2.21. The summed E-state index contributed by atoms with van der Waals surface area (Å²) in [6, 6.07) is 8.51. The average molecular weight is 234 g/mol. The SMILES string of the molecule is COCc1ccccc1N1CCNC(C)(C)C1. The molecule has 0 bridgehead atoms. The molecule has 0 atom stereocenters. The van der Waals surface area contributed by atoms with Crippen LogP contribution in [-0.4, -0.2) is 32.3 Å². The molecule has 1 aliphatic rings. The summed E-state index contributed by atoms with van der Waals surface area (Å²) >= 11 is 0. The molecular formula is C14H22N2O. The van der Waals surface area contributed by atoms with Crippen LogP contribution in [0, 0.1) is 0 Å². The van der Waals surface area contributed by atoms with Crippen LogP contribution < -0.4 is 10.2 Å². The molecule has 1 heterocycles. The van der Waals surface area contributed by atoms with Gasteiger partial charge in [-0.3, -0.25) is 0 Å². The molecule has 0 saturated carbocycles. The highest BCUT2D eigenvalue weighted by molar-refractivity contribution is 5.54. The van der Waals surface area contributed by atoms with Gasteiger partial charge in [-0.25, -0.2) is 0 Å². The zero-order valence-electron chi connectivity index (χ0n) is 11.0. The minimum absolute atomic E-state index is 0.179. The third-order valence-electron chi connectivity index (χ3n) is 3.20. The van der Waals surface area contributed by atoms with Gasteiger partial charge in [-0.05, 0) is 19.9 Å². The van der Waals surface area contributed by atoms with Gasteiger partial charge < -0.3 is 15.0 Å². The molecule has 0 radical (unpaired) electrons. The number of ether oxygens (including phenoxy) is 1. The summed E-state index contributed by atoms with van der Waals surface area (Å²) < 4.78 is 5.27. The van der Waals surface area contributed by atoms with Crippen LogP contribution in [0.4, 0.5) is 5.69 Å². The maximum Gasteiger partial charge on any atom is 0.0733 e. The van der Waals surface area contributed by atoms with Crippen molar-refractivity contribution in [1.29, 1.82) is 0 Å². The molecule has 0 amide bonds. The lowest BCUT2D eigenvalue weighted by Crippen LogP contribution is -2.57. The first-order chi connectivity index (χ1) is 8.12. The molecule has 1 aromatic carbocycles. The molecule has 1 aromatic rings. The Bertz CT molecular complexity index is 376. The monoisotopic (exact) mass is 234 g/mol. The van der Waals surface area contributed by atoms with Crippen molar-refractivity contribution >= 4 is 5.69 Å². The van der Waals surface area contributed by atoms with Crippen LogP contribution in [0.2, 0.25) is 0 Å². The fraction of sp³-hybridized carbons (Fsp3) is 0.571. The van der Waals surface area contributed by atoms with Crippen LogP contribution >= 0.6 is 0 Å². The number of para-hydroxylation sites is 1. The van der Waals surface area contributed by atoms with E-state index in [1.165, 1.54) is 11.3 Å². The highest BCUT2D eigenvalue weighted by Gasteiger charge is 2.26. The van der Waals surface area contributed by atoms with Crippen LogP contribution in [0.3, 0.4) is 0 Å². The number of hydrogen-bond donors (Lipinski definition) is 1. The van der Waals surface area contributed by atoms with Crippen LogP contribution in [-0.2, 0) is 11.3 Å². The minimum Gasteiger partial charge on any atom is -0.380 e. The van der Waals surface area contributed by atoms with Gasteiger partial charge in [0.25, 0.3) is 0 Å². The maximum absolute atomic E-state index is 5.27. The van der Waals surface area contributed by atoms with Crippen LogP contribution in [0.25, 0.3) is 0 Å². The lowest BCUT2D eigenvalue weighted by Gasteiger charge is -2.41. The van der Waals surface area contributed by atoms with E-state index in [1.807, 2.05) is 0 Å². The largest absolute Gasteiger partial charge is 0.380 e. The second-order valence-electron chi connectivity index (χ2n) is 5.29. The molecule has 94 valence electrons. The third-order valence-corrected chi connectivity index (χ3v) is 3.20. The van der Waals surface area contributed by atoms with Crippen LogP contribution in [0.5, 0.6) is 0 Å². The van der Waals surface area contributed by atoms with Gasteiger partial charge in [0.1, 0.15) is 0 Å². The number of hydrogen-bond acceptors (Lipinski definition) is 3. The second-order valence-corrected chi connectivity index (χ2v) is 5.29. The molecule has 0 aliphatic carbocycles. The van der Waals surface area contributed by atoms with E-state index in [2.05, 4.69) is 48.3 Å². The molecule has 17 heavy (non-hydrogen) atoms. The summed E-state index contributed by atoms with van der Waals surface area (Å²) in [4.78, 5) is 2.45. The van der Waals surface area contributed by atoms with Crippen molar-refractivity contribution < 1.29 is 4.74 Å². The standard InChI is InChI=1S/C14H22N2O/c1-14(2)11-16(9-8-15-14)13-7-5-4-6-12(13)10-17-3/h4-7,15H,8-11H2,1-3H3. The average Bonchev–Trinajstić information content (AvgIpc) is 2.29. The molecule has 0 aromatic heterocycles. The van der Waals surface area contributed by atoms with E-state index in [9.17, 15) is 0 Å². The first-order valence-electron chi connectivity index (χ1n) is 6.19. The quantitative estimate of drug-likeness (QED) is 0.866. The predicted molar refractivity (Wildman–Crippen MR) is 71.4 cm³/mol. The number of benzene rings is 1. The number of methoxy groups -OCH3 is 1. The zero-order chi connectivity index (χ0) is 12.3. The van der Waals surface area contributed by atoms with Gasteiger partial charge in [0.15, 0.2) is 0 Å². The Kier molecular flexibility index (Phi) is 3.69. The predicted octanol–water partition coefficient (Wildman–Crippen LogP) is 2.02. The van der Waals surface area contributed by atoms with Gasteiger partial charge in [0.05, 0.1) is 6.61 Å². The Morgan fingerprint density at radius 1 is 1.35 bits per heavy atom. The van der Waals surface area contributed by atoms with Crippen molar-refractivity contribution in [3.8, 4) is 0 Å². The number of nitrogens with zero attached hydrogens (tertiary/aromatic N) is 1. The van der Waals surface area contributed by atoms with Gasteiger partial charge in [-0.15, -0.1) is 0 Å². The summed E-state index contributed by atoms with van der Waals surface area (Å²) in [5.74, 6) is 0. The normalized spacial score (nSPS) is 19.4. The van der Waals surface area contributed by atoms with Crippen molar-refractivity contribution in [2.24, 2.45) is 0 Å². The number of piperazine rings is 1. The summed E-state index contributed by atoms with van der Waals surface area (Å²) in [6.07, 6.45) is 0. The highest BCUT2D eigenvalue weighted by atomic mass is 16.5. The smallest absolute Gasteiger partial charge is 0.0733 e. The Labute approximate surface area is 104 Å². The molecule has 0 spiro atoms. The third kappa shape index (κ3) is 2.99. The van der Waals surface area contributed by atoms with E-state index in [1.54, 1.807) is 7.11 Å². The van der Waals surface area contributed by atoms with Crippen molar-refractivity contribution in [1.82, 2.24) is 5.32 Å². The number of anilines is 1. The van der Waals surface area contributed by atoms with Crippen molar-refractivity contribution in [3.05, 3.63) is 29.8 Å². The van der Waals surface area contributed by atoms with Crippen LogP contribution in [0.1, 0.15) is 19.4 Å². The van der Waals surface area contributed by atoms with Gasteiger partial charge in [-0.2, -0.15) is 0 Å². The Morgan fingerprint density at radius 2 is 2.12 bits per heavy atom. The zero-order valence-corrected chi connectivity index (χ0v) is 11.0. The summed E-state index contributed by atoms with van der Waals surface area (Å²) in [5.41, 5.74) is 2.76. The maximum atomic E-state index is 5.27. The molecule has 2 rings (SSSR count). The summed E-state index contributed by atoms with van der Waals surface area (Å²) in [7, 11) is 1.75. The fourth-order valence-corrected chi connectivity index (χ4v) is 2.44. The summed E-state index contributed by atoms with van der Waals surface area (Å²) in [5, 5.41) is 3.54. The second kappa shape index (κ2) is 5.07. The van der Waals surface area contributed by atoms with Crippen molar-refractivity contribution in [3.63, 3.8) is 0 Å². The molecule has 1 N–H and O–H groups in total. The fourth-order valence-electron chi connectivity index (χ4n) is 2.44. The molecule has 3 heteroatoms. The lowest BCUT2D eigenvalue weighted by molar-refractivity contribution is 0.185. The molecule has 3 nitrogen and oxygen atoms in total. The van der Waals surface area contributed by atoms with E-state index in [0.29, 0.717) is 6.61 Å². The first kappa shape index (κ1) is 12.4. The van der Waals surface area contributed by atoms with Gasteiger partial charge in [-0.1, -0.05) is 18.2 Å². The van der Waals surface area contributed by atoms with Gasteiger partial charge in [0, 0.05) is 43.5 Å². The van der Waals surface area contributed by atoms with Crippen LogP contribution in [0.15, 0.2) is 24.3 Å². The number of nitrogens with one attached hydrogen (secondary N) is 1. The van der Waals surface area contributed by atoms with Gasteiger partial charge in [0.2, 0.25) is 0 Å². The Morgan fingerprint density at radius 3 is 2.82 bits per heavy atom. The minimum atomic E-state index is 0.179. The summed E-state index contributed by atoms with van der Waals surface area (Å²) in [6.45, 7) is 8.31. The van der Waals surface area contributed by atoms with E-state index in [0.717, 1.165) is 19.6 Å². The van der Waals surface area contributed by atoms with Gasteiger partial charge >= 0.3 is 0 Å². The van der Waals surface area contributed by atoms with E-state index in [4.69, 9.17) is 4.74 Å². The molecule has 1 aliphatic heterocycles. The molecule has 1 saturated heterocycles. The molecular weight excluding hydrogens is 212 g/mol. The molecule has 1 fully saturated rings. The first-order valence-corrected chi connectivity index (χ1v) is 6.19. The van der Waals surface area contributed by atoms with Crippen molar-refractivity contribution in [2.75, 3.05) is 31.6 Å². The highest BCUT2D eigenvalue weighted by Crippen LogP contribution is 2.24. The van der Waals surface area contributed by atoms with E-state index < -0.39 is 0 Å². The lowest BCUT2D eigenvalue weighted by atomic mass is 10.0. The number of rotatable bonds is 3. The van der Waals surface area contributed by atoms with E-state index >= 15 is 0 Å². The van der Waals surface area contributed by atoms with Crippen molar-refractivity contribution in [2.45, 2.75) is 26.0 Å². The van der Waals surface area contributed by atoms with E-state index in [-0.39, 0.29) is 5.54 Å². The Hall–Kier alpha value is -1.06. The topological polar surface area (TPSA) is 24.5 Å². The molecule has 0 unspecified atom stereocenters.